The van der Waals surface area contributed by atoms with Crippen LogP contribution in [-0.2, 0) is 11.2 Å². The van der Waals surface area contributed by atoms with Crippen LogP contribution in [-0.4, -0.2) is 11.9 Å². The van der Waals surface area contributed by atoms with E-state index in [-0.39, 0.29) is 5.91 Å². The van der Waals surface area contributed by atoms with Gasteiger partial charge < -0.3 is 4.90 Å². The molecular formula is C15H16N2O. The van der Waals surface area contributed by atoms with Gasteiger partial charge in [0.25, 0.3) is 0 Å². The maximum atomic E-state index is 12.2. The zero-order chi connectivity index (χ0) is 12.5. The van der Waals surface area contributed by atoms with E-state index in [1.165, 1.54) is 19.3 Å². The highest BCUT2D eigenvalue weighted by atomic mass is 16.2. The molecule has 3 nitrogen and oxygen atoms in total. The van der Waals surface area contributed by atoms with Gasteiger partial charge in [-0.3, -0.25) is 4.79 Å². The van der Waals surface area contributed by atoms with Crippen molar-refractivity contribution in [2.24, 2.45) is 0 Å². The molecule has 1 aliphatic carbocycles. The van der Waals surface area contributed by atoms with Crippen LogP contribution in [0.2, 0.25) is 0 Å². The van der Waals surface area contributed by atoms with Gasteiger partial charge in [-0.25, -0.2) is 0 Å². The maximum Gasteiger partial charge on any atom is 0.231 e. The van der Waals surface area contributed by atoms with Crippen LogP contribution < -0.4 is 4.90 Å². The highest BCUT2D eigenvalue weighted by Crippen LogP contribution is 2.35. The van der Waals surface area contributed by atoms with Crippen molar-refractivity contribution in [3.8, 4) is 6.07 Å². The van der Waals surface area contributed by atoms with E-state index in [0.717, 1.165) is 24.1 Å². The minimum atomic E-state index is 0.201. The average molecular weight is 240 g/mol. The van der Waals surface area contributed by atoms with E-state index in [4.69, 9.17) is 5.26 Å². The Bertz CT molecular complexity index is 524. The number of amides is 1. The molecule has 0 saturated heterocycles. The first-order chi connectivity index (χ1) is 8.79. The standard InChI is InChI=1S/C15H16N2O/c16-10-11-6-7-12-9-15(18)17(14(12)8-11)13-4-2-1-3-5-13/h6-8,13H,1-5,9H2. The van der Waals surface area contributed by atoms with Gasteiger partial charge in [0.2, 0.25) is 5.91 Å². The van der Waals surface area contributed by atoms with E-state index in [2.05, 4.69) is 6.07 Å². The summed E-state index contributed by atoms with van der Waals surface area (Å²) in [4.78, 5) is 14.1. The summed E-state index contributed by atoms with van der Waals surface area (Å²) in [5.41, 5.74) is 2.69. The van der Waals surface area contributed by atoms with Gasteiger partial charge in [0.05, 0.1) is 18.1 Å². The lowest BCUT2D eigenvalue weighted by molar-refractivity contribution is -0.117. The molecule has 0 unspecified atom stereocenters. The van der Waals surface area contributed by atoms with Crippen molar-refractivity contribution in [3.63, 3.8) is 0 Å². The largest absolute Gasteiger partial charge is 0.309 e. The summed E-state index contributed by atoms with van der Waals surface area (Å²) < 4.78 is 0. The number of anilines is 1. The first-order valence-electron chi connectivity index (χ1n) is 6.64. The smallest absolute Gasteiger partial charge is 0.231 e. The third kappa shape index (κ3) is 1.78. The number of fused-ring (bicyclic) bond motifs is 1. The summed E-state index contributed by atoms with van der Waals surface area (Å²) in [6, 6.07) is 8.10. The Morgan fingerprint density at radius 1 is 1.22 bits per heavy atom. The second kappa shape index (κ2) is 4.45. The van der Waals surface area contributed by atoms with E-state index in [1.54, 1.807) is 6.07 Å². The fourth-order valence-electron chi connectivity index (χ4n) is 3.13. The fourth-order valence-corrected chi connectivity index (χ4v) is 3.13. The molecule has 1 amide bonds. The van der Waals surface area contributed by atoms with Gasteiger partial charge in [0.1, 0.15) is 0 Å². The lowest BCUT2D eigenvalue weighted by atomic mass is 9.94. The zero-order valence-corrected chi connectivity index (χ0v) is 10.4. The normalized spacial score (nSPS) is 19.7. The van der Waals surface area contributed by atoms with Gasteiger partial charge >= 0.3 is 0 Å². The molecule has 18 heavy (non-hydrogen) atoms. The summed E-state index contributed by atoms with van der Waals surface area (Å²) in [5.74, 6) is 0.201. The van der Waals surface area contributed by atoms with Crippen molar-refractivity contribution in [3.05, 3.63) is 29.3 Å². The number of nitrogens with zero attached hydrogens (tertiary/aromatic N) is 2. The van der Waals surface area contributed by atoms with Crippen molar-refractivity contribution in [2.75, 3.05) is 4.90 Å². The van der Waals surface area contributed by atoms with Crippen LogP contribution in [0.1, 0.15) is 43.2 Å². The second-order valence-corrected chi connectivity index (χ2v) is 5.19. The summed E-state index contributed by atoms with van der Waals surface area (Å²) in [6.07, 6.45) is 6.40. The Morgan fingerprint density at radius 3 is 2.72 bits per heavy atom. The topological polar surface area (TPSA) is 44.1 Å². The first-order valence-corrected chi connectivity index (χ1v) is 6.64. The van der Waals surface area contributed by atoms with Gasteiger partial charge in [-0.05, 0) is 30.5 Å². The molecule has 1 aliphatic heterocycles. The van der Waals surface area contributed by atoms with Crippen molar-refractivity contribution < 1.29 is 4.79 Å². The Kier molecular flexibility index (Phi) is 2.79. The highest BCUT2D eigenvalue weighted by Gasteiger charge is 2.33. The number of nitriles is 1. The Labute approximate surface area is 107 Å². The molecule has 0 radical (unpaired) electrons. The number of carbonyl (C=O) groups is 1. The molecule has 3 rings (SSSR count). The molecule has 2 aliphatic rings. The molecule has 1 saturated carbocycles. The number of carbonyl (C=O) groups excluding carboxylic acids is 1. The molecule has 0 spiro atoms. The third-order valence-electron chi connectivity index (χ3n) is 4.02. The SMILES string of the molecule is N#Cc1ccc2c(c1)N(C1CCCCC1)C(=O)C2. The van der Waals surface area contributed by atoms with Gasteiger partial charge in [-0.1, -0.05) is 25.3 Å². The predicted octanol–water partition coefficient (Wildman–Crippen LogP) is 2.78. The molecule has 0 atom stereocenters. The zero-order valence-electron chi connectivity index (χ0n) is 10.4. The molecule has 92 valence electrons. The average Bonchev–Trinajstić information content (AvgIpc) is 2.74. The van der Waals surface area contributed by atoms with Crippen molar-refractivity contribution in [2.45, 2.75) is 44.6 Å². The minimum Gasteiger partial charge on any atom is -0.309 e. The van der Waals surface area contributed by atoms with Gasteiger partial charge in [0, 0.05) is 11.7 Å². The van der Waals surface area contributed by atoms with Crippen LogP contribution in [0.5, 0.6) is 0 Å². The fraction of sp³-hybridized carbons (Fsp3) is 0.467. The number of hydrogen-bond donors (Lipinski definition) is 0. The minimum absolute atomic E-state index is 0.201. The van der Waals surface area contributed by atoms with Crippen LogP contribution in [0, 0.1) is 11.3 Å². The van der Waals surface area contributed by atoms with E-state index < -0.39 is 0 Å². The third-order valence-corrected chi connectivity index (χ3v) is 4.02. The molecule has 1 aromatic rings. The van der Waals surface area contributed by atoms with Crippen LogP contribution in [0.4, 0.5) is 5.69 Å². The van der Waals surface area contributed by atoms with Gasteiger partial charge in [-0.15, -0.1) is 0 Å². The van der Waals surface area contributed by atoms with Crippen molar-refractivity contribution in [1.29, 1.82) is 5.26 Å². The number of rotatable bonds is 1. The Morgan fingerprint density at radius 2 is 2.00 bits per heavy atom. The summed E-state index contributed by atoms with van der Waals surface area (Å²) in [5, 5.41) is 8.98. The summed E-state index contributed by atoms with van der Waals surface area (Å²) >= 11 is 0. The van der Waals surface area contributed by atoms with Gasteiger partial charge in [-0.2, -0.15) is 5.26 Å². The van der Waals surface area contributed by atoms with E-state index in [9.17, 15) is 4.79 Å². The highest BCUT2D eigenvalue weighted by molar-refractivity contribution is 6.02. The Balaban J connectivity index is 1.97. The van der Waals surface area contributed by atoms with E-state index >= 15 is 0 Å². The molecular weight excluding hydrogens is 224 g/mol. The van der Waals surface area contributed by atoms with E-state index in [1.807, 2.05) is 17.0 Å². The molecule has 3 heteroatoms. The first kappa shape index (κ1) is 11.3. The predicted molar refractivity (Wildman–Crippen MR) is 69.2 cm³/mol. The van der Waals surface area contributed by atoms with Crippen molar-refractivity contribution in [1.82, 2.24) is 0 Å². The molecule has 0 aromatic heterocycles. The molecule has 1 aromatic carbocycles. The molecule has 0 N–H and O–H groups in total. The monoisotopic (exact) mass is 240 g/mol. The Hall–Kier alpha value is -1.82. The summed E-state index contributed by atoms with van der Waals surface area (Å²) in [7, 11) is 0. The molecule has 0 bridgehead atoms. The van der Waals surface area contributed by atoms with Crippen LogP contribution >= 0.6 is 0 Å². The quantitative estimate of drug-likeness (QED) is 0.757. The second-order valence-electron chi connectivity index (χ2n) is 5.19. The molecule has 1 fully saturated rings. The lowest BCUT2D eigenvalue weighted by Gasteiger charge is -2.31. The number of benzene rings is 1. The van der Waals surface area contributed by atoms with Crippen molar-refractivity contribution >= 4 is 11.6 Å². The molecule has 1 heterocycles. The van der Waals surface area contributed by atoms with Gasteiger partial charge in [0.15, 0.2) is 0 Å². The lowest BCUT2D eigenvalue weighted by Crippen LogP contribution is -2.39. The van der Waals surface area contributed by atoms with Crippen LogP contribution in [0.3, 0.4) is 0 Å². The van der Waals surface area contributed by atoms with Crippen LogP contribution in [0.15, 0.2) is 18.2 Å². The van der Waals surface area contributed by atoms with E-state index in [0.29, 0.717) is 18.0 Å². The number of hydrogen-bond acceptors (Lipinski definition) is 2. The van der Waals surface area contributed by atoms with Crippen LogP contribution in [0.25, 0.3) is 0 Å². The maximum absolute atomic E-state index is 12.2. The summed E-state index contributed by atoms with van der Waals surface area (Å²) in [6.45, 7) is 0.